The van der Waals surface area contributed by atoms with E-state index in [4.69, 9.17) is 0 Å². The molecule has 1 N–H and O–H groups in total. The number of aromatic nitrogens is 3. The van der Waals surface area contributed by atoms with Crippen molar-refractivity contribution in [1.82, 2.24) is 25.2 Å². The molecule has 3 rings (SSSR count). The predicted octanol–water partition coefficient (Wildman–Crippen LogP) is 1.65. The second-order valence-electron chi connectivity index (χ2n) is 6.54. The normalized spacial score (nSPS) is 17.0. The average Bonchev–Trinajstić information content (AvgIpc) is 3.03. The molecular formula is C18H21F2N5O2. The van der Waals surface area contributed by atoms with E-state index >= 15 is 0 Å². The third-order valence-corrected chi connectivity index (χ3v) is 4.83. The Hall–Kier alpha value is -2.84. The van der Waals surface area contributed by atoms with Gasteiger partial charge in [-0.25, -0.2) is 13.5 Å². The summed E-state index contributed by atoms with van der Waals surface area (Å²) >= 11 is 0. The van der Waals surface area contributed by atoms with Gasteiger partial charge < -0.3 is 10.2 Å². The van der Waals surface area contributed by atoms with Crippen molar-refractivity contribution in [2.45, 2.75) is 38.8 Å². The fraction of sp³-hybridized carbons (Fsp3) is 0.444. The first-order valence-corrected chi connectivity index (χ1v) is 8.79. The number of rotatable bonds is 4. The zero-order valence-corrected chi connectivity index (χ0v) is 15.2. The van der Waals surface area contributed by atoms with Gasteiger partial charge in [0.1, 0.15) is 17.7 Å². The summed E-state index contributed by atoms with van der Waals surface area (Å²) in [6.07, 6.45) is 2.28. The average molecular weight is 377 g/mol. The molecule has 1 aromatic carbocycles. The van der Waals surface area contributed by atoms with E-state index in [1.54, 1.807) is 14.0 Å². The summed E-state index contributed by atoms with van der Waals surface area (Å²) in [5, 5.41) is 10.5. The first kappa shape index (κ1) is 18.9. The van der Waals surface area contributed by atoms with Crippen LogP contribution in [0.1, 0.15) is 41.0 Å². The van der Waals surface area contributed by atoms with Gasteiger partial charge >= 0.3 is 0 Å². The highest BCUT2D eigenvalue weighted by atomic mass is 19.1. The Balaban J connectivity index is 1.83. The molecule has 0 saturated carbocycles. The van der Waals surface area contributed by atoms with Gasteiger partial charge in [-0.15, -0.1) is 5.10 Å². The number of benzene rings is 1. The molecule has 27 heavy (non-hydrogen) atoms. The van der Waals surface area contributed by atoms with E-state index in [1.165, 1.54) is 21.7 Å². The van der Waals surface area contributed by atoms with Gasteiger partial charge in [0.25, 0.3) is 5.91 Å². The number of nitrogens with zero attached hydrogens (tertiary/aromatic N) is 4. The maximum Gasteiger partial charge on any atom is 0.277 e. The van der Waals surface area contributed by atoms with Crippen LogP contribution in [-0.2, 0) is 11.3 Å². The van der Waals surface area contributed by atoms with Crippen LogP contribution in [-0.4, -0.2) is 51.3 Å². The highest BCUT2D eigenvalue weighted by Gasteiger charge is 2.34. The molecular weight excluding hydrogens is 356 g/mol. The van der Waals surface area contributed by atoms with E-state index in [2.05, 4.69) is 15.6 Å². The Labute approximate surface area is 155 Å². The van der Waals surface area contributed by atoms with Crippen LogP contribution < -0.4 is 5.32 Å². The van der Waals surface area contributed by atoms with E-state index in [0.29, 0.717) is 18.7 Å². The van der Waals surface area contributed by atoms with Crippen molar-refractivity contribution in [3.8, 4) is 0 Å². The molecule has 1 aliphatic heterocycles. The second-order valence-corrected chi connectivity index (χ2v) is 6.54. The number of halogens is 2. The number of amides is 2. The lowest BCUT2D eigenvalue weighted by Crippen LogP contribution is -2.51. The van der Waals surface area contributed by atoms with Crippen molar-refractivity contribution in [1.29, 1.82) is 0 Å². The third-order valence-electron chi connectivity index (χ3n) is 4.83. The minimum atomic E-state index is -0.687. The molecule has 2 heterocycles. The molecule has 144 valence electrons. The summed E-state index contributed by atoms with van der Waals surface area (Å²) < 4.78 is 28.3. The number of piperidine rings is 1. The molecule has 0 radical (unpaired) electrons. The first-order valence-electron chi connectivity index (χ1n) is 8.79. The van der Waals surface area contributed by atoms with Gasteiger partial charge in [-0.1, -0.05) is 11.3 Å². The number of hydrogen-bond acceptors (Lipinski definition) is 4. The Morgan fingerprint density at radius 1 is 1.30 bits per heavy atom. The highest BCUT2D eigenvalue weighted by molar-refractivity contribution is 5.96. The van der Waals surface area contributed by atoms with Crippen LogP contribution in [0.3, 0.4) is 0 Å². The fourth-order valence-electron chi connectivity index (χ4n) is 3.27. The molecule has 2 aromatic rings. The number of carbonyl (C=O) groups excluding carboxylic acids is 2. The van der Waals surface area contributed by atoms with Crippen molar-refractivity contribution in [2.24, 2.45) is 0 Å². The van der Waals surface area contributed by atoms with Gasteiger partial charge in [0, 0.05) is 25.2 Å². The molecule has 0 unspecified atom stereocenters. The van der Waals surface area contributed by atoms with E-state index in [0.717, 1.165) is 18.9 Å². The molecule has 1 saturated heterocycles. The summed E-state index contributed by atoms with van der Waals surface area (Å²) in [6.45, 7) is 2.15. The number of carbonyl (C=O) groups is 2. The fourth-order valence-corrected chi connectivity index (χ4v) is 3.27. The van der Waals surface area contributed by atoms with Gasteiger partial charge in [-0.2, -0.15) is 0 Å². The molecule has 2 amide bonds. The van der Waals surface area contributed by atoms with Crippen molar-refractivity contribution in [2.75, 3.05) is 13.6 Å². The van der Waals surface area contributed by atoms with E-state index in [1.807, 2.05) is 0 Å². The quantitative estimate of drug-likeness (QED) is 0.879. The van der Waals surface area contributed by atoms with Crippen LogP contribution in [0.5, 0.6) is 0 Å². The van der Waals surface area contributed by atoms with Crippen LogP contribution in [0.25, 0.3) is 0 Å². The monoisotopic (exact) mass is 377 g/mol. The first-order chi connectivity index (χ1) is 12.9. The minimum Gasteiger partial charge on any atom is -0.357 e. The summed E-state index contributed by atoms with van der Waals surface area (Å²) in [4.78, 5) is 26.5. The smallest absolute Gasteiger partial charge is 0.277 e. The summed E-state index contributed by atoms with van der Waals surface area (Å²) in [7, 11) is 1.54. The molecule has 1 fully saturated rings. The Bertz CT molecular complexity index is 867. The second kappa shape index (κ2) is 7.81. The van der Waals surface area contributed by atoms with Crippen LogP contribution in [0.4, 0.5) is 8.78 Å². The maximum atomic E-state index is 13.9. The summed E-state index contributed by atoms with van der Waals surface area (Å²) in [5.41, 5.74) is 0.836. The van der Waals surface area contributed by atoms with Gasteiger partial charge in [0.15, 0.2) is 5.69 Å². The molecule has 9 heteroatoms. The largest absolute Gasteiger partial charge is 0.357 e. The highest BCUT2D eigenvalue weighted by Crippen LogP contribution is 2.21. The van der Waals surface area contributed by atoms with Crippen LogP contribution in [0, 0.1) is 18.6 Å². The SMILES string of the molecule is CNC(=O)[C@@H]1CCCCN1C(=O)c1nnn(Cc2ccc(F)cc2F)c1C. The molecule has 0 aliphatic carbocycles. The van der Waals surface area contributed by atoms with Crippen LogP contribution in [0.15, 0.2) is 18.2 Å². The van der Waals surface area contributed by atoms with Gasteiger partial charge in [0.05, 0.1) is 12.2 Å². The molecule has 1 atom stereocenters. The lowest BCUT2D eigenvalue weighted by atomic mass is 10.0. The molecule has 7 nitrogen and oxygen atoms in total. The van der Waals surface area contributed by atoms with Crippen LogP contribution >= 0.6 is 0 Å². The number of hydrogen-bond donors (Lipinski definition) is 1. The van der Waals surface area contributed by atoms with Crippen molar-refractivity contribution < 1.29 is 18.4 Å². The van der Waals surface area contributed by atoms with Crippen LogP contribution in [0.2, 0.25) is 0 Å². The van der Waals surface area contributed by atoms with E-state index in [-0.39, 0.29) is 29.6 Å². The molecule has 1 aliphatic rings. The molecule has 0 spiro atoms. The van der Waals surface area contributed by atoms with E-state index < -0.39 is 17.7 Å². The minimum absolute atomic E-state index is 0.0249. The topological polar surface area (TPSA) is 80.1 Å². The van der Waals surface area contributed by atoms with Gasteiger partial charge in [-0.05, 0) is 32.3 Å². The van der Waals surface area contributed by atoms with Gasteiger partial charge in [-0.3, -0.25) is 9.59 Å². The lowest BCUT2D eigenvalue weighted by molar-refractivity contribution is -0.126. The summed E-state index contributed by atoms with van der Waals surface area (Å²) in [6, 6.07) is 2.77. The zero-order chi connectivity index (χ0) is 19.6. The standard InChI is InChI=1S/C18H21F2N5O2/c1-11-16(18(27)24-8-4-3-5-15(24)17(26)21-2)22-23-25(11)10-12-6-7-13(19)9-14(12)20/h6-7,9,15H,3-5,8,10H2,1-2H3,(H,21,26)/t15-/m0/s1. The Morgan fingerprint density at radius 3 is 2.78 bits per heavy atom. The van der Waals surface area contributed by atoms with E-state index in [9.17, 15) is 18.4 Å². The molecule has 1 aromatic heterocycles. The third kappa shape index (κ3) is 3.81. The maximum absolute atomic E-state index is 13.9. The Kier molecular flexibility index (Phi) is 5.48. The number of likely N-dealkylation sites (N-methyl/N-ethyl adjacent to an activating group) is 1. The number of likely N-dealkylation sites (tertiary alicyclic amines) is 1. The van der Waals surface area contributed by atoms with Crippen molar-refractivity contribution in [3.05, 3.63) is 46.8 Å². The summed E-state index contributed by atoms with van der Waals surface area (Å²) in [5.74, 6) is -1.92. The van der Waals surface area contributed by atoms with Gasteiger partial charge in [0.2, 0.25) is 5.91 Å². The zero-order valence-electron chi connectivity index (χ0n) is 15.2. The van der Waals surface area contributed by atoms with Crippen molar-refractivity contribution in [3.63, 3.8) is 0 Å². The lowest BCUT2D eigenvalue weighted by Gasteiger charge is -2.34. The van der Waals surface area contributed by atoms with Crippen molar-refractivity contribution >= 4 is 11.8 Å². The Morgan fingerprint density at radius 2 is 2.07 bits per heavy atom. The molecule has 0 bridgehead atoms. The number of nitrogens with one attached hydrogen (secondary N) is 1. The predicted molar refractivity (Wildman–Crippen MR) is 93.0 cm³/mol.